The monoisotopic (exact) mass is 387 g/mol. The molecule has 1 unspecified atom stereocenters. The van der Waals surface area contributed by atoms with E-state index in [9.17, 15) is 14.4 Å². The highest BCUT2D eigenvalue weighted by molar-refractivity contribution is 9.09. The lowest BCUT2D eigenvalue weighted by Gasteiger charge is -2.39. The average Bonchev–Trinajstić information content (AvgIpc) is 2.64. The van der Waals surface area contributed by atoms with E-state index in [1.807, 2.05) is 0 Å². The number of ketones is 1. The second kappa shape index (κ2) is 6.20. The highest BCUT2D eigenvalue weighted by Gasteiger charge is 2.56. The molecule has 0 radical (unpaired) electrons. The third kappa shape index (κ3) is 2.34. The summed E-state index contributed by atoms with van der Waals surface area (Å²) in [5, 5.41) is -0.118. The van der Waals surface area contributed by atoms with Crippen molar-refractivity contribution in [3.05, 3.63) is 65.7 Å². The van der Waals surface area contributed by atoms with Gasteiger partial charge < -0.3 is 9.64 Å². The Hall–Kier alpha value is -2.47. The van der Waals surface area contributed by atoms with E-state index < -0.39 is 23.3 Å². The van der Waals surface area contributed by atoms with Crippen molar-refractivity contribution < 1.29 is 19.1 Å². The summed E-state index contributed by atoms with van der Waals surface area (Å²) in [6.07, 6.45) is 0. The van der Waals surface area contributed by atoms with Crippen molar-refractivity contribution in [1.29, 1.82) is 0 Å². The molecular formula is C18H14BrNO4. The van der Waals surface area contributed by atoms with E-state index in [1.165, 1.54) is 4.90 Å². The fraction of sp³-hybridized carbons (Fsp3) is 0.167. The third-order valence-corrected chi connectivity index (χ3v) is 4.45. The van der Waals surface area contributed by atoms with E-state index >= 15 is 0 Å². The lowest BCUT2D eigenvalue weighted by atomic mass is 9.80. The van der Waals surface area contributed by atoms with Gasteiger partial charge in [-0.1, -0.05) is 58.4 Å². The predicted octanol–water partition coefficient (Wildman–Crippen LogP) is 2.68. The molecule has 0 saturated carbocycles. The first-order valence-corrected chi connectivity index (χ1v) is 8.40. The van der Waals surface area contributed by atoms with Gasteiger partial charge in [0.05, 0.1) is 5.69 Å². The molecule has 1 heterocycles. The molecule has 2 aromatic rings. The Balaban J connectivity index is 2.27. The molecule has 3 rings (SSSR count). The van der Waals surface area contributed by atoms with Crippen molar-refractivity contribution in [3.63, 3.8) is 0 Å². The number of nitrogens with zero attached hydrogens (tertiary/aromatic N) is 1. The minimum Gasteiger partial charge on any atom is -0.435 e. The van der Waals surface area contributed by atoms with E-state index in [4.69, 9.17) is 4.74 Å². The van der Waals surface area contributed by atoms with Crippen molar-refractivity contribution in [3.8, 4) is 0 Å². The normalized spacial score (nSPS) is 19.8. The topological polar surface area (TPSA) is 63.7 Å². The number of hydrogen-bond acceptors (Lipinski definition) is 4. The van der Waals surface area contributed by atoms with Crippen molar-refractivity contribution in [2.45, 2.75) is 5.60 Å². The molecule has 1 aliphatic rings. The number of likely N-dealkylation sites (N-methyl/N-ethyl adjacent to an activating group) is 1. The number of benzene rings is 2. The summed E-state index contributed by atoms with van der Waals surface area (Å²) in [5.41, 5.74) is -0.842. The zero-order valence-corrected chi connectivity index (χ0v) is 14.4. The van der Waals surface area contributed by atoms with E-state index in [0.717, 1.165) is 0 Å². The number of carbonyl (C=O) groups is 3. The zero-order chi connectivity index (χ0) is 17.3. The van der Waals surface area contributed by atoms with Gasteiger partial charge in [0.1, 0.15) is 5.33 Å². The van der Waals surface area contributed by atoms with Gasteiger partial charge >= 0.3 is 5.97 Å². The molecule has 6 heteroatoms. The molecule has 1 amide bonds. The van der Waals surface area contributed by atoms with Gasteiger partial charge in [0, 0.05) is 18.2 Å². The number of esters is 1. The second-order valence-corrected chi connectivity index (χ2v) is 5.93. The van der Waals surface area contributed by atoms with Crippen molar-refractivity contribution in [2.75, 3.05) is 17.3 Å². The number of fused-ring (bicyclic) bond motifs is 1. The zero-order valence-electron chi connectivity index (χ0n) is 12.9. The SMILES string of the molecule is CN1C(=O)C(OC(=O)CBr)(c2ccccc2)C(=O)c2ccccc21. The highest BCUT2D eigenvalue weighted by atomic mass is 79.9. The molecule has 0 aromatic heterocycles. The fourth-order valence-corrected chi connectivity index (χ4v) is 2.98. The van der Waals surface area contributed by atoms with Crippen LogP contribution in [0.3, 0.4) is 0 Å². The van der Waals surface area contributed by atoms with E-state index in [2.05, 4.69) is 15.9 Å². The average molecular weight is 388 g/mol. The maximum Gasteiger partial charge on any atom is 0.318 e. The minimum atomic E-state index is -2.00. The summed E-state index contributed by atoms with van der Waals surface area (Å²) < 4.78 is 5.44. The molecule has 0 bridgehead atoms. The van der Waals surface area contributed by atoms with Gasteiger partial charge in [0.2, 0.25) is 5.78 Å². The lowest BCUT2D eigenvalue weighted by molar-refractivity contribution is -0.161. The number of Topliss-reactive ketones (excluding diaryl/α,β-unsaturated/α-hetero) is 1. The van der Waals surface area contributed by atoms with Crippen molar-refractivity contribution >= 4 is 39.3 Å². The number of para-hydroxylation sites is 1. The third-order valence-electron chi connectivity index (χ3n) is 3.99. The number of amides is 1. The predicted molar refractivity (Wildman–Crippen MR) is 92.2 cm³/mol. The Morgan fingerprint density at radius 1 is 1.08 bits per heavy atom. The van der Waals surface area contributed by atoms with Gasteiger partial charge in [-0.15, -0.1) is 0 Å². The molecule has 1 atom stereocenters. The summed E-state index contributed by atoms with van der Waals surface area (Å²) in [5.74, 6) is -1.82. The number of carbonyl (C=O) groups excluding carboxylic acids is 3. The van der Waals surface area contributed by atoms with Crippen LogP contribution >= 0.6 is 15.9 Å². The molecule has 0 aliphatic carbocycles. The van der Waals surface area contributed by atoms with Crippen molar-refractivity contribution in [1.82, 2.24) is 0 Å². The van der Waals surface area contributed by atoms with Crippen LogP contribution in [0.25, 0.3) is 0 Å². The summed E-state index contributed by atoms with van der Waals surface area (Å²) in [7, 11) is 1.56. The molecule has 2 aromatic carbocycles. The van der Waals surface area contributed by atoms with Crippen LogP contribution in [0.2, 0.25) is 0 Å². The lowest BCUT2D eigenvalue weighted by Crippen LogP contribution is -2.57. The van der Waals surface area contributed by atoms with Gasteiger partial charge in [-0.05, 0) is 12.1 Å². The smallest absolute Gasteiger partial charge is 0.318 e. The van der Waals surface area contributed by atoms with E-state index in [0.29, 0.717) is 16.8 Å². The summed E-state index contributed by atoms with van der Waals surface area (Å²) in [4.78, 5) is 39.6. The van der Waals surface area contributed by atoms with Gasteiger partial charge in [0.25, 0.3) is 11.5 Å². The van der Waals surface area contributed by atoms with Gasteiger partial charge in [-0.3, -0.25) is 14.4 Å². The molecule has 0 saturated heterocycles. The van der Waals surface area contributed by atoms with Crippen LogP contribution < -0.4 is 4.90 Å². The molecule has 1 aliphatic heterocycles. The number of hydrogen-bond donors (Lipinski definition) is 0. The Morgan fingerprint density at radius 2 is 1.71 bits per heavy atom. The number of anilines is 1. The Morgan fingerprint density at radius 3 is 2.38 bits per heavy atom. The molecule has 122 valence electrons. The van der Waals surface area contributed by atoms with Gasteiger partial charge in [-0.25, -0.2) is 0 Å². The maximum atomic E-state index is 13.2. The molecule has 0 fully saturated rings. The van der Waals surface area contributed by atoms with Crippen LogP contribution in [-0.2, 0) is 19.9 Å². The van der Waals surface area contributed by atoms with Crippen LogP contribution in [0.15, 0.2) is 54.6 Å². The first kappa shape index (κ1) is 16.4. The van der Waals surface area contributed by atoms with E-state index in [1.54, 1.807) is 61.6 Å². The van der Waals surface area contributed by atoms with Crippen molar-refractivity contribution in [2.24, 2.45) is 0 Å². The Labute approximate surface area is 147 Å². The number of halogens is 1. The van der Waals surface area contributed by atoms with Gasteiger partial charge in [0.15, 0.2) is 0 Å². The number of ether oxygens (including phenoxy) is 1. The largest absolute Gasteiger partial charge is 0.435 e. The first-order chi connectivity index (χ1) is 11.5. The first-order valence-electron chi connectivity index (χ1n) is 7.27. The molecule has 24 heavy (non-hydrogen) atoms. The summed E-state index contributed by atoms with van der Waals surface area (Å²) >= 11 is 3.01. The summed E-state index contributed by atoms with van der Waals surface area (Å²) in [6.45, 7) is 0. The fourth-order valence-electron chi connectivity index (χ4n) is 2.86. The van der Waals surface area contributed by atoms with Crippen LogP contribution in [-0.4, -0.2) is 30.0 Å². The molecular weight excluding hydrogens is 374 g/mol. The number of alkyl halides is 1. The van der Waals surface area contributed by atoms with Crippen LogP contribution in [0.5, 0.6) is 0 Å². The summed E-state index contributed by atoms with van der Waals surface area (Å²) in [6, 6.07) is 15.1. The molecule has 0 N–H and O–H groups in total. The standard InChI is InChI=1S/C18H14BrNO4/c1-20-14-10-6-5-9-13(14)16(22)18(17(20)23,24-15(21)11-19)12-7-3-2-4-8-12/h2-10H,11H2,1H3. The van der Waals surface area contributed by atoms with Crippen LogP contribution in [0.1, 0.15) is 15.9 Å². The minimum absolute atomic E-state index is 0.118. The highest BCUT2D eigenvalue weighted by Crippen LogP contribution is 2.40. The Kier molecular flexibility index (Phi) is 4.24. The Bertz CT molecular complexity index is 821. The van der Waals surface area contributed by atoms with Gasteiger partial charge in [-0.2, -0.15) is 0 Å². The number of rotatable bonds is 3. The second-order valence-electron chi connectivity index (χ2n) is 5.37. The molecule has 5 nitrogen and oxygen atoms in total. The van der Waals surface area contributed by atoms with Crippen LogP contribution in [0.4, 0.5) is 5.69 Å². The van der Waals surface area contributed by atoms with E-state index in [-0.39, 0.29) is 5.33 Å². The maximum absolute atomic E-state index is 13.2. The molecule has 0 spiro atoms. The quantitative estimate of drug-likeness (QED) is 0.461. The van der Waals surface area contributed by atoms with Crippen LogP contribution in [0, 0.1) is 0 Å².